The minimum Gasteiger partial charge on any atom is -0.354 e. The van der Waals surface area contributed by atoms with Gasteiger partial charge in [-0.25, -0.2) is 4.98 Å². The maximum Gasteiger partial charge on any atom is 0.213 e. The maximum absolute atomic E-state index is 13.3. The molecule has 3 aromatic heterocycles. The number of ketones is 1. The average molecular weight is 405 g/mol. The molecular weight excluding hydrogens is 376 g/mol. The number of nitrogens with zero attached hydrogens (tertiary/aromatic N) is 5. The minimum absolute atomic E-state index is 0.127. The Labute approximate surface area is 177 Å². The molecule has 0 saturated carbocycles. The van der Waals surface area contributed by atoms with E-state index in [9.17, 15) is 4.79 Å². The summed E-state index contributed by atoms with van der Waals surface area (Å²) in [6.45, 7) is 7.15. The Morgan fingerprint density at radius 2 is 2.13 bits per heavy atom. The molecule has 156 valence electrons. The number of nitrogens with one attached hydrogen (secondary N) is 1. The lowest BCUT2D eigenvalue weighted by molar-refractivity contribution is 0.103. The molecule has 7 nitrogen and oxygen atoms in total. The first kappa shape index (κ1) is 20.2. The predicted octanol–water partition coefficient (Wildman–Crippen LogP) is 2.93. The molecule has 1 saturated heterocycles. The third kappa shape index (κ3) is 4.41. The van der Waals surface area contributed by atoms with Gasteiger partial charge in [0.1, 0.15) is 11.5 Å². The van der Waals surface area contributed by atoms with Gasteiger partial charge in [-0.1, -0.05) is 13.8 Å². The van der Waals surface area contributed by atoms with Gasteiger partial charge in [-0.05, 0) is 36.6 Å². The van der Waals surface area contributed by atoms with E-state index < -0.39 is 0 Å². The Kier molecular flexibility index (Phi) is 5.90. The monoisotopic (exact) mass is 404 g/mol. The van der Waals surface area contributed by atoms with E-state index >= 15 is 0 Å². The van der Waals surface area contributed by atoms with Gasteiger partial charge >= 0.3 is 0 Å². The van der Waals surface area contributed by atoms with Crippen LogP contribution < -0.4 is 10.2 Å². The summed E-state index contributed by atoms with van der Waals surface area (Å²) in [4.78, 5) is 24.6. The number of piperazine rings is 1. The molecule has 0 aliphatic carbocycles. The average Bonchev–Trinajstić information content (AvgIpc) is 3.19. The van der Waals surface area contributed by atoms with Crippen LogP contribution in [0, 0.1) is 5.92 Å². The zero-order valence-electron chi connectivity index (χ0n) is 17.7. The Morgan fingerprint density at radius 1 is 1.27 bits per heavy atom. The molecule has 0 unspecified atom stereocenters. The molecule has 1 fully saturated rings. The van der Waals surface area contributed by atoms with Crippen molar-refractivity contribution >= 4 is 11.6 Å². The number of rotatable bonds is 6. The molecule has 4 rings (SSSR count). The number of hydrogen-bond donors (Lipinski definition) is 1. The summed E-state index contributed by atoms with van der Waals surface area (Å²) in [7, 11) is 1.86. The fourth-order valence-corrected chi connectivity index (χ4v) is 3.99. The Hall–Kier alpha value is -3.06. The lowest BCUT2D eigenvalue weighted by Crippen LogP contribution is -2.51. The largest absolute Gasteiger partial charge is 0.354 e. The molecule has 7 heteroatoms. The zero-order chi connectivity index (χ0) is 21.1. The van der Waals surface area contributed by atoms with Crippen LogP contribution in [0.5, 0.6) is 0 Å². The number of aryl methyl sites for hydroxylation is 1. The molecule has 0 spiro atoms. The van der Waals surface area contributed by atoms with Gasteiger partial charge in [0.2, 0.25) is 5.78 Å². The van der Waals surface area contributed by atoms with Crippen molar-refractivity contribution in [2.24, 2.45) is 13.0 Å². The fraction of sp³-hybridized carbons (Fsp3) is 0.391. The second kappa shape index (κ2) is 8.75. The van der Waals surface area contributed by atoms with E-state index in [0.29, 0.717) is 23.2 Å². The Balaban J connectivity index is 1.71. The van der Waals surface area contributed by atoms with Gasteiger partial charge in [0.05, 0.1) is 6.20 Å². The normalized spacial score (nSPS) is 16.8. The van der Waals surface area contributed by atoms with Crippen molar-refractivity contribution in [3.63, 3.8) is 0 Å². The summed E-state index contributed by atoms with van der Waals surface area (Å²) in [5.41, 5.74) is 2.63. The highest BCUT2D eigenvalue weighted by Gasteiger charge is 2.24. The molecule has 30 heavy (non-hydrogen) atoms. The fourth-order valence-electron chi connectivity index (χ4n) is 3.99. The minimum atomic E-state index is -0.127. The molecule has 4 heterocycles. The van der Waals surface area contributed by atoms with E-state index in [1.807, 2.05) is 25.4 Å². The molecule has 0 radical (unpaired) electrons. The van der Waals surface area contributed by atoms with Gasteiger partial charge in [-0.15, -0.1) is 0 Å². The van der Waals surface area contributed by atoms with Crippen LogP contribution in [0.4, 0.5) is 5.82 Å². The molecule has 0 aromatic carbocycles. The second-order valence-electron chi connectivity index (χ2n) is 8.27. The quantitative estimate of drug-likeness (QED) is 0.637. The summed E-state index contributed by atoms with van der Waals surface area (Å²) in [6, 6.07) is 7.98. The number of pyridine rings is 2. The summed E-state index contributed by atoms with van der Waals surface area (Å²) in [6.07, 6.45) is 8.04. The standard InChI is InChI=1S/C23H28N6O/c1-16(2)11-19-15-29(10-9-25-19)21-7-6-20(18-13-26-28(3)14-18)22(27-21)23(30)17-5-4-8-24-12-17/h4-8,12-14,16,19,25H,9-11,15H2,1-3H3/t19-/m0/s1. The van der Waals surface area contributed by atoms with Crippen molar-refractivity contribution in [2.45, 2.75) is 26.3 Å². The Morgan fingerprint density at radius 3 is 2.83 bits per heavy atom. The van der Waals surface area contributed by atoms with Crippen molar-refractivity contribution in [2.75, 3.05) is 24.5 Å². The summed E-state index contributed by atoms with van der Waals surface area (Å²) in [5.74, 6) is 1.34. The summed E-state index contributed by atoms with van der Waals surface area (Å²) < 4.78 is 1.73. The van der Waals surface area contributed by atoms with Crippen LogP contribution in [0.25, 0.3) is 11.1 Å². The Bertz CT molecular complexity index is 1010. The maximum atomic E-state index is 13.3. The third-order valence-electron chi connectivity index (χ3n) is 5.37. The molecule has 3 aromatic rings. The first-order valence-corrected chi connectivity index (χ1v) is 10.4. The molecule has 0 bridgehead atoms. The number of hydrogen-bond acceptors (Lipinski definition) is 6. The smallest absolute Gasteiger partial charge is 0.213 e. The molecule has 1 aliphatic rings. The van der Waals surface area contributed by atoms with Crippen LogP contribution in [0.3, 0.4) is 0 Å². The van der Waals surface area contributed by atoms with Gasteiger partial charge in [-0.2, -0.15) is 5.10 Å². The predicted molar refractivity (Wildman–Crippen MR) is 118 cm³/mol. The lowest BCUT2D eigenvalue weighted by atomic mass is 10.0. The van der Waals surface area contributed by atoms with Gasteiger partial charge in [0.25, 0.3) is 0 Å². The van der Waals surface area contributed by atoms with Crippen LogP contribution >= 0.6 is 0 Å². The second-order valence-corrected chi connectivity index (χ2v) is 8.27. The van der Waals surface area contributed by atoms with E-state index in [0.717, 1.165) is 43.0 Å². The number of carbonyl (C=O) groups is 1. The van der Waals surface area contributed by atoms with E-state index in [2.05, 4.69) is 34.1 Å². The SMILES string of the molecule is CC(C)C[C@H]1CN(c2ccc(-c3cnn(C)c3)c(C(=O)c3cccnc3)n2)CCN1. The first-order chi connectivity index (χ1) is 14.5. The van der Waals surface area contributed by atoms with Crippen LogP contribution in [-0.2, 0) is 7.05 Å². The van der Waals surface area contributed by atoms with Crippen LogP contribution in [0.15, 0.2) is 49.1 Å². The zero-order valence-corrected chi connectivity index (χ0v) is 17.7. The van der Waals surface area contributed by atoms with Gasteiger partial charge in [0, 0.05) is 68.0 Å². The summed E-state index contributed by atoms with van der Waals surface area (Å²) >= 11 is 0. The molecule has 1 N–H and O–H groups in total. The highest BCUT2D eigenvalue weighted by atomic mass is 16.1. The van der Waals surface area contributed by atoms with Crippen LogP contribution in [0.2, 0.25) is 0 Å². The van der Waals surface area contributed by atoms with Crippen molar-refractivity contribution in [3.8, 4) is 11.1 Å². The van der Waals surface area contributed by atoms with Crippen LogP contribution in [-0.4, -0.2) is 51.2 Å². The number of aromatic nitrogens is 4. The topological polar surface area (TPSA) is 75.9 Å². The van der Waals surface area contributed by atoms with E-state index in [-0.39, 0.29) is 5.78 Å². The lowest BCUT2D eigenvalue weighted by Gasteiger charge is -2.35. The van der Waals surface area contributed by atoms with Crippen molar-refractivity contribution in [1.29, 1.82) is 0 Å². The third-order valence-corrected chi connectivity index (χ3v) is 5.37. The van der Waals surface area contributed by atoms with Crippen LogP contribution in [0.1, 0.15) is 36.3 Å². The van der Waals surface area contributed by atoms with Crippen molar-refractivity contribution < 1.29 is 4.79 Å². The van der Waals surface area contributed by atoms with Crippen molar-refractivity contribution in [1.82, 2.24) is 25.1 Å². The van der Waals surface area contributed by atoms with Gasteiger partial charge in [-0.3, -0.25) is 14.5 Å². The molecule has 0 amide bonds. The number of anilines is 1. The molecule has 1 aliphatic heterocycles. The highest BCUT2D eigenvalue weighted by molar-refractivity contribution is 6.11. The first-order valence-electron chi connectivity index (χ1n) is 10.4. The highest BCUT2D eigenvalue weighted by Crippen LogP contribution is 2.27. The molecular formula is C23H28N6O. The van der Waals surface area contributed by atoms with E-state index in [1.54, 1.807) is 35.4 Å². The van der Waals surface area contributed by atoms with Gasteiger partial charge < -0.3 is 10.2 Å². The van der Waals surface area contributed by atoms with Crippen molar-refractivity contribution in [3.05, 3.63) is 60.3 Å². The van der Waals surface area contributed by atoms with E-state index in [1.165, 1.54) is 0 Å². The number of carbonyl (C=O) groups excluding carboxylic acids is 1. The molecule has 1 atom stereocenters. The van der Waals surface area contributed by atoms with Gasteiger partial charge in [0.15, 0.2) is 0 Å². The van der Waals surface area contributed by atoms with E-state index in [4.69, 9.17) is 4.98 Å². The summed E-state index contributed by atoms with van der Waals surface area (Å²) in [5, 5.41) is 7.86.